The van der Waals surface area contributed by atoms with Gasteiger partial charge >= 0.3 is 5.97 Å². The van der Waals surface area contributed by atoms with Crippen LogP contribution < -0.4 is 5.32 Å². The highest BCUT2D eigenvalue weighted by atomic mass is 35.5. The smallest absolute Gasteiger partial charge is 0.313 e. The van der Waals surface area contributed by atoms with Gasteiger partial charge in [-0.05, 0) is 43.5 Å². The van der Waals surface area contributed by atoms with Crippen molar-refractivity contribution in [2.45, 2.75) is 44.9 Å². The molecule has 0 saturated carbocycles. The molecule has 0 unspecified atom stereocenters. The lowest BCUT2D eigenvalue weighted by molar-refractivity contribution is -0.133. The first-order valence-corrected chi connectivity index (χ1v) is 10.0. The van der Waals surface area contributed by atoms with Crippen molar-refractivity contribution >= 4 is 35.2 Å². The number of carboxylic acid groups (broad SMARTS) is 1. The van der Waals surface area contributed by atoms with Crippen molar-refractivity contribution in [2.75, 3.05) is 5.75 Å². The minimum Gasteiger partial charge on any atom is -0.481 e. The summed E-state index contributed by atoms with van der Waals surface area (Å²) >= 11 is 7.00. The molecule has 0 aliphatic heterocycles. The third kappa shape index (κ3) is 5.97. The summed E-state index contributed by atoms with van der Waals surface area (Å²) in [6, 6.07) is 6.34. The monoisotopic (exact) mass is 410 g/mol. The zero-order chi connectivity index (χ0) is 20.0. The van der Waals surface area contributed by atoms with Gasteiger partial charge in [0, 0.05) is 17.1 Å². The number of carbonyl (C=O) groups is 2. The second-order valence-corrected chi connectivity index (χ2v) is 7.81. The maximum absolute atomic E-state index is 12.6. The minimum atomic E-state index is -0.915. The van der Waals surface area contributed by atoms with Gasteiger partial charge in [-0.25, -0.2) is 0 Å². The van der Waals surface area contributed by atoms with E-state index in [0.29, 0.717) is 40.5 Å². The number of hydrogen-bond acceptors (Lipinski definition) is 5. The van der Waals surface area contributed by atoms with Gasteiger partial charge in [-0.15, -0.1) is 10.2 Å². The average Bonchev–Trinajstić information content (AvgIpc) is 3.02. The predicted molar refractivity (Wildman–Crippen MR) is 105 cm³/mol. The Bertz CT molecular complexity index is 792. The van der Waals surface area contributed by atoms with Crippen molar-refractivity contribution < 1.29 is 14.7 Å². The normalized spacial score (nSPS) is 12.2. The Morgan fingerprint density at radius 2 is 1.93 bits per heavy atom. The van der Waals surface area contributed by atoms with Gasteiger partial charge in [-0.3, -0.25) is 9.59 Å². The fraction of sp³-hybridized carbons (Fsp3) is 0.444. The van der Waals surface area contributed by atoms with Crippen molar-refractivity contribution in [3.63, 3.8) is 0 Å². The van der Waals surface area contributed by atoms with E-state index in [1.165, 1.54) is 0 Å². The number of rotatable bonds is 9. The first-order valence-electron chi connectivity index (χ1n) is 8.65. The fourth-order valence-electron chi connectivity index (χ4n) is 2.63. The summed E-state index contributed by atoms with van der Waals surface area (Å²) in [5.41, 5.74) is 0.510. The van der Waals surface area contributed by atoms with Crippen LogP contribution in [-0.2, 0) is 11.3 Å². The highest BCUT2D eigenvalue weighted by Crippen LogP contribution is 2.25. The molecule has 2 N–H and O–H groups in total. The van der Waals surface area contributed by atoms with Crippen LogP contribution in [-0.4, -0.2) is 37.5 Å². The van der Waals surface area contributed by atoms with E-state index < -0.39 is 5.97 Å². The maximum atomic E-state index is 12.6. The molecule has 1 heterocycles. The Kier molecular flexibility index (Phi) is 7.67. The van der Waals surface area contributed by atoms with Crippen LogP contribution in [0.3, 0.4) is 0 Å². The number of halogens is 1. The number of hydrogen-bond donors (Lipinski definition) is 2. The number of nitrogens with zero attached hydrogens (tertiary/aromatic N) is 3. The lowest BCUT2D eigenvalue weighted by atomic mass is 10.0. The topological polar surface area (TPSA) is 97.1 Å². The van der Waals surface area contributed by atoms with Gasteiger partial charge in [0.05, 0.1) is 11.8 Å². The van der Waals surface area contributed by atoms with E-state index >= 15 is 0 Å². The number of amides is 1. The molecule has 0 saturated heterocycles. The SMILES string of the molecule is CCn1c(SCC(=O)O)nnc1[C@H](CC(C)C)NC(=O)c1ccc(Cl)cc1. The van der Waals surface area contributed by atoms with E-state index in [4.69, 9.17) is 16.7 Å². The molecule has 0 spiro atoms. The Morgan fingerprint density at radius 1 is 1.26 bits per heavy atom. The number of aromatic nitrogens is 3. The molecule has 1 aromatic carbocycles. The largest absolute Gasteiger partial charge is 0.481 e. The Hall–Kier alpha value is -2.06. The number of thioether (sulfide) groups is 1. The molecule has 0 bridgehead atoms. The second kappa shape index (κ2) is 9.75. The number of carbonyl (C=O) groups excluding carboxylic acids is 1. The van der Waals surface area contributed by atoms with Gasteiger partial charge in [-0.2, -0.15) is 0 Å². The molecular formula is C18H23ClN4O3S. The summed E-state index contributed by atoms with van der Waals surface area (Å²) in [7, 11) is 0. The van der Waals surface area contributed by atoms with Crippen LogP contribution in [0.4, 0.5) is 0 Å². The van der Waals surface area contributed by atoms with Crippen LogP contribution >= 0.6 is 23.4 Å². The molecule has 27 heavy (non-hydrogen) atoms. The van der Waals surface area contributed by atoms with Crippen molar-refractivity contribution in [1.82, 2.24) is 20.1 Å². The predicted octanol–water partition coefficient (Wildman–Crippen LogP) is 3.65. The Balaban J connectivity index is 2.26. The van der Waals surface area contributed by atoms with E-state index in [9.17, 15) is 9.59 Å². The van der Waals surface area contributed by atoms with E-state index in [1.54, 1.807) is 24.3 Å². The molecule has 1 aromatic heterocycles. The summed E-state index contributed by atoms with van der Waals surface area (Å²) < 4.78 is 1.85. The fourth-order valence-corrected chi connectivity index (χ4v) is 3.49. The molecule has 1 amide bonds. The van der Waals surface area contributed by atoms with Crippen molar-refractivity contribution in [1.29, 1.82) is 0 Å². The summed E-state index contributed by atoms with van der Waals surface area (Å²) in [6.07, 6.45) is 0.682. The highest BCUT2D eigenvalue weighted by molar-refractivity contribution is 7.99. The molecule has 0 radical (unpaired) electrons. The van der Waals surface area contributed by atoms with E-state index in [-0.39, 0.29) is 17.7 Å². The molecular weight excluding hydrogens is 388 g/mol. The second-order valence-electron chi connectivity index (χ2n) is 6.43. The van der Waals surface area contributed by atoms with Gasteiger partial charge < -0.3 is 15.0 Å². The van der Waals surface area contributed by atoms with Gasteiger partial charge in [0.15, 0.2) is 11.0 Å². The van der Waals surface area contributed by atoms with E-state index in [1.807, 2.05) is 11.5 Å². The number of nitrogens with one attached hydrogen (secondary N) is 1. The third-order valence-electron chi connectivity index (χ3n) is 3.82. The zero-order valence-electron chi connectivity index (χ0n) is 15.5. The molecule has 0 aliphatic rings. The number of aliphatic carboxylic acids is 1. The van der Waals surface area contributed by atoms with Crippen molar-refractivity contribution in [3.05, 3.63) is 40.7 Å². The standard InChI is InChI=1S/C18H23ClN4O3S/c1-4-23-16(21-22-18(23)27-10-15(24)25)14(9-11(2)3)20-17(26)12-5-7-13(19)8-6-12/h5-8,11,14H,4,9-10H2,1-3H3,(H,20,26)(H,24,25)/t14-/m0/s1. The lowest BCUT2D eigenvalue weighted by Gasteiger charge is -2.21. The van der Waals surface area contributed by atoms with Gasteiger partial charge in [-0.1, -0.05) is 37.2 Å². The van der Waals surface area contributed by atoms with Crippen molar-refractivity contribution in [2.24, 2.45) is 5.92 Å². The van der Waals surface area contributed by atoms with Crippen LogP contribution in [0.5, 0.6) is 0 Å². The molecule has 1 atom stereocenters. The highest BCUT2D eigenvalue weighted by Gasteiger charge is 2.24. The minimum absolute atomic E-state index is 0.0931. The maximum Gasteiger partial charge on any atom is 0.313 e. The molecule has 0 aliphatic carbocycles. The third-order valence-corrected chi connectivity index (χ3v) is 5.02. The van der Waals surface area contributed by atoms with Crippen LogP contribution in [0.15, 0.2) is 29.4 Å². The molecule has 0 fully saturated rings. The average molecular weight is 411 g/mol. The first-order chi connectivity index (χ1) is 12.8. The van der Waals surface area contributed by atoms with Gasteiger partial charge in [0.1, 0.15) is 0 Å². The summed E-state index contributed by atoms with van der Waals surface area (Å²) in [4.78, 5) is 23.5. The van der Waals surface area contributed by atoms with Gasteiger partial charge in [0.25, 0.3) is 5.91 Å². The molecule has 146 valence electrons. The summed E-state index contributed by atoms with van der Waals surface area (Å²) in [5.74, 6) is -0.284. The Labute approximate surface area is 167 Å². The van der Waals surface area contributed by atoms with E-state index in [0.717, 1.165) is 11.8 Å². The number of benzene rings is 1. The molecule has 2 rings (SSSR count). The molecule has 2 aromatic rings. The van der Waals surface area contributed by atoms with Crippen LogP contribution in [0.1, 0.15) is 49.4 Å². The van der Waals surface area contributed by atoms with Crippen LogP contribution in [0, 0.1) is 5.92 Å². The van der Waals surface area contributed by atoms with Crippen LogP contribution in [0.2, 0.25) is 5.02 Å². The Morgan fingerprint density at radius 3 is 2.48 bits per heavy atom. The van der Waals surface area contributed by atoms with Gasteiger partial charge in [0.2, 0.25) is 0 Å². The summed E-state index contributed by atoms with van der Waals surface area (Å²) in [6.45, 7) is 6.64. The number of carboxylic acids is 1. The molecule has 7 nitrogen and oxygen atoms in total. The van der Waals surface area contributed by atoms with Crippen LogP contribution in [0.25, 0.3) is 0 Å². The zero-order valence-corrected chi connectivity index (χ0v) is 17.0. The first kappa shape index (κ1) is 21.2. The summed E-state index contributed by atoms with van der Waals surface area (Å²) in [5, 5.41) is 21.4. The van der Waals surface area contributed by atoms with Crippen molar-refractivity contribution in [3.8, 4) is 0 Å². The quantitative estimate of drug-likeness (QED) is 0.612. The van der Waals surface area contributed by atoms with E-state index in [2.05, 4.69) is 29.4 Å². The molecule has 9 heteroatoms. The lowest BCUT2D eigenvalue weighted by Crippen LogP contribution is -2.31.